The first-order valence-corrected chi connectivity index (χ1v) is 7.28. The monoisotopic (exact) mass is 317 g/mol. The van der Waals surface area contributed by atoms with Crippen molar-refractivity contribution >= 4 is 17.5 Å². The summed E-state index contributed by atoms with van der Waals surface area (Å²) in [6.07, 6.45) is 1.26. The summed E-state index contributed by atoms with van der Waals surface area (Å²) < 4.78 is 14.7. The largest absolute Gasteiger partial charge is 0.349 e. The summed E-state index contributed by atoms with van der Waals surface area (Å²) in [6.45, 7) is 1.64. The number of rotatable bonds is 4. The van der Waals surface area contributed by atoms with Crippen molar-refractivity contribution in [2.24, 2.45) is 0 Å². The highest BCUT2D eigenvalue weighted by Crippen LogP contribution is 2.27. The molecule has 7 nitrogen and oxygen atoms in total. The van der Waals surface area contributed by atoms with Crippen LogP contribution in [0.5, 0.6) is 0 Å². The number of carbonyl (C=O) groups is 2. The van der Waals surface area contributed by atoms with Crippen LogP contribution < -0.4 is 10.6 Å². The van der Waals surface area contributed by atoms with E-state index >= 15 is 0 Å². The molecule has 0 radical (unpaired) electrons. The Kier molecular flexibility index (Phi) is 4.05. The van der Waals surface area contributed by atoms with Gasteiger partial charge >= 0.3 is 0 Å². The van der Waals surface area contributed by atoms with E-state index < -0.39 is 6.04 Å². The van der Waals surface area contributed by atoms with Crippen molar-refractivity contribution in [2.45, 2.75) is 32.4 Å². The van der Waals surface area contributed by atoms with E-state index in [4.69, 9.17) is 0 Å². The summed E-state index contributed by atoms with van der Waals surface area (Å²) in [4.78, 5) is 23.5. The number of aromatic nitrogens is 3. The first kappa shape index (κ1) is 15.1. The number of aryl methyl sites for hydroxylation is 1. The molecule has 1 aromatic heterocycles. The lowest BCUT2D eigenvalue weighted by Gasteiger charge is -2.15. The Labute approximate surface area is 131 Å². The Morgan fingerprint density at radius 2 is 2.04 bits per heavy atom. The van der Waals surface area contributed by atoms with Crippen LogP contribution in [-0.4, -0.2) is 26.6 Å². The maximum atomic E-state index is 12.9. The van der Waals surface area contributed by atoms with Crippen LogP contribution in [0.15, 0.2) is 24.3 Å². The predicted octanol–water partition coefficient (Wildman–Crippen LogP) is 1.18. The molecule has 120 valence electrons. The molecular formula is C15H16FN5O2. The Balaban J connectivity index is 1.75. The molecule has 0 fully saturated rings. The van der Waals surface area contributed by atoms with Crippen molar-refractivity contribution in [3.05, 3.63) is 41.7 Å². The normalized spacial score (nSPS) is 16.0. The molecule has 23 heavy (non-hydrogen) atoms. The zero-order valence-electron chi connectivity index (χ0n) is 12.5. The second-order valence-electron chi connectivity index (χ2n) is 5.36. The third-order valence-electron chi connectivity index (χ3n) is 3.70. The molecule has 0 spiro atoms. The van der Waals surface area contributed by atoms with Crippen LogP contribution >= 0.6 is 0 Å². The van der Waals surface area contributed by atoms with Crippen LogP contribution in [-0.2, 0) is 22.6 Å². The van der Waals surface area contributed by atoms with Gasteiger partial charge in [0.1, 0.15) is 17.7 Å². The summed E-state index contributed by atoms with van der Waals surface area (Å²) >= 11 is 0. The lowest BCUT2D eigenvalue weighted by molar-refractivity contribution is -0.119. The number of carbonyl (C=O) groups excluding carboxylic acids is 2. The van der Waals surface area contributed by atoms with Gasteiger partial charge in [-0.15, -0.1) is 10.2 Å². The summed E-state index contributed by atoms with van der Waals surface area (Å²) in [5.41, 5.74) is 0.529. The Hall–Kier alpha value is -2.77. The first-order valence-electron chi connectivity index (χ1n) is 7.28. The number of nitrogens with one attached hydrogen (secondary N) is 2. The second kappa shape index (κ2) is 6.15. The number of hydrogen-bond donors (Lipinski definition) is 2. The van der Waals surface area contributed by atoms with Crippen molar-refractivity contribution in [2.75, 3.05) is 5.32 Å². The molecule has 1 aliphatic rings. The number of fused-ring (bicyclic) bond motifs is 1. The molecule has 8 heteroatoms. The Bertz CT molecular complexity index is 741. The lowest BCUT2D eigenvalue weighted by Crippen LogP contribution is -2.27. The Morgan fingerprint density at radius 1 is 1.30 bits per heavy atom. The Morgan fingerprint density at radius 3 is 2.74 bits per heavy atom. The van der Waals surface area contributed by atoms with E-state index in [0.717, 1.165) is 5.82 Å². The molecular weight excluding hydrogens is 301 g/mol. The van der Waals surface area contributed by atoms with Crippen molar-refractivity contribution in [1.29, 1.82) is 0 Å². The van der Waals surface area contributed by atoms with Crippen LogP contribution in [0.3, 0.4) is 0 Å². The maximum absolute atomic E-state index is 12.9. The average Bonchev–Trinajstić information content (AvgIpc) is 3.09. The third kappa shape index (κ3) is 3.20. The molecule has 1 aromatic carbocycles. The number of benzene rings is 1. The molecule has 3 rings (SSSR count). The van der Waals surface area contributed by atoms with Gasteiger partial charge in [-0.3, -0.25) is 9.59 Å². The second-order valence-corrected chi connectivity index (χ2v) is 5.36. The van der Waals surface area contributed by atoms with Crippen LogP contribution in [0.4, 0.5) is 10.1 Å². The zero-order chi connectivity index (χ0) is 16.4. The number of hydrogen-bond acceptors (Lipinski definition) is 4. The third-order valence-corrected chi connectivity index (χ3v) is 3.70. The SMILES string of the molecule is CC(=O)NCc1nnc2n1C(C(=O)Nc1ccc(F)cc1)CC2. The molecule has 2 aromatic rings. The van der Waals surface area contributed by atoms with Gasteiger partial charge in [-0.25, -0.2) is 4.39 Å². The molecule has 0 saturated heterocycles. The predicted molar refractivity (Wildman–Crippen MR) is 79.9 cm³/mol. The van der Waals surface area contributed by atoms with Crippen LogP contribution in [0, 0.1) is 5.82 Å². The number of anilines is 1. The summed E-state index contributed by atoms with van der Waals surface area (Å²) in [7, 11) is 0. The summed E-state index contributed by atoms with van der Waals surface area (Å²) in [6, 6.07) is 5.16. The van der Waals surface area contributed by atoms with E-state index in [1.165, 1.54) is 31.2 Å². The van der Waals surface area contributed by atoms with Gasteiger partial charge in [0.05, 0.1) is 6.54 Å². The van der Waals surface area contributed by atoms with Gasteiger partial charge < -0.3 is 15.2 Å². The molecule has 0 saturated carbocycles. The van der Waals surface area contributed by atoms with E-state index in [-0.39, 0.29) is 24.2 Å². The fourth-order valence-corrected chi connectivity index (χ4v) is 2.62. The van der Waals surface area contributed by atoms with Crippen molar-refractivity contribution < 1.29 is 14.0 Å². The standard InChI is InChI=1S/C15H16FN5O2/c1-9(22)17-8-14-20-19-13-7-6-12(21(13)14)15(23)18-11-4-2-10(16)3-5-11/h2-5,12H,6-8H2,1H3,(H,17,22)(H,18,23). The van der Waals surface area contributed by atoms with E-state index in [1.807, 2.05) is 0 Å². The molecule has 1 aliphatic heterocycles. The first-order chi connectivity index (χ1) is 11.0. The van der Waals surface area contributed by atoms with Gasteiger partial charge in [-0.1, -0.05) is 0 Å². The van der Waals surface area contributed by atoms with E-state index in [0.29, 0.717) is 24.4 Å². The minimum absolute atomic E-state index is 0.173. The summed E-state index contributed by atoms with van der Waals surface area (Å²) in [5.74, 6) is 0.533. The fourth-order valence-electron chi connectivity index (χ4n) is 2.62. The lowest BCUT2D eigenvalue weighted by atomic mass is 10.2. The van der Waals surface area contributed by atoms with Gasteiger partial charge in [-0.2, -0.15) is 0 Å². The van der Waals surface area contributed by atoms with E-state index in [2.05, 4.69) is 20.8 Å². The minimum atomic E-state index is -0.436. The van der Waals surface area contributed by atoms with Crippen molar-refractivity contribution in [1.82, 2.24) is 20.1 Å². The molecule has 0 bridgehead atoms. The van der Waals surface area contributed by atoms with Crippen LogP contribution in [0.1, 0.15) is 31.0 Å². The number of halogens is 1. The van der Waals surface area contributed by atoms with Gasteiger partial charge in [0.15, 0.2) is 5.82 Å². The molecule has 2 heterocycles. The topological polar surface area (TPSA) is 88.9 Å². The number of nitrogens with zero attached hydrogens (tertiary/aromatic N) is 3. The quantitative estimate of drug-likeness (QED) is 0.886. The van der Waals surface area contributed by atoms with E-state index in [1.54, 1.807) is 4.57 Å². The molecule has 1 unspecified atom stereocenters. The van der Waals surface area contributed by atoms with E-state index in [9.17, 15) is 14.0 Å². The van der Waals surface area contributed by atoms with Gasteiger partial charge in [0.25, 0.3) is 0 Å². The van der Waals surface area contributed by atoms with Crippen LogP contribution in [0.25, 0.3) is 0 Å². The highest BCUT2D eigenvalue weighted by atomic mass is 19.1. The van der Waals surface area contributed by atoms with Gasteiger partial charge in [0, 0.05) is 19.0 Å². The van der Waals surface area contributed by atoms with Crippen molar-refractivity contribution in [3.63, 3.8) is 0 Å². The number of amides is 2. The molecule has 2 N–H and O–H groups in total. The zero-order valence-corrected chi connectivity index (χ0v) is 12.5. The maximum Gasteiger partial charge on any atom is 0.247 e. The van der Waals surface area contributed by atoms with Gasteiger partial charge in [0.2, 0.25) is 11.8 Å². The fraction of sp³-hybridized carbons (Fsp3) is 0.333. The molecule has 2 amide bonds. The average molecular weight is 317 g/mol. The van der Waals surface area contributed by atoms with Crippen LogP contribution in [0.2, 0.25) is 0 Å². The molecule has 0 aliphatic carbocycles. The highest BCUT2D eigenvalue weighted by Gasteiger charge is 2.32. The van der Waals surface area contributed by atoms with Gasteiger partial charge in [-0.05, 0) is 30.7 Å². The van der Waals surface area contributed by atoms with Crippen molar-refractivity contribution in [3.8, 4) is 0 Å². The highest BCUT2D eigenvalue weighted by molar-refractivity contribution is 5.94. The minimum Gasteiger partial charge on any atom is -0.349 e. The summed E-state index contributed by atoms with van der Waals surface area (Å²) in [5, 5.41) is 13.5. The molecule has 1 atom stereocenters. The smallest absolute Gasteiger partial charge is 0.247 e.